The van der Waals surface area contributed by atoms with Crippen molar-refractivity contribution in [3.8, 4) is 0 Å². The summed E-state index contributed by atoms with van der Waals surface area (Å²) in [4.78, 5) is 5.04. The molecule has 0 aromatic heterocycles. The third-order valence-electron chi connectivity index (χ3n) is 6.64. The summed E-state index contributed by atoms with van der Waals surface area (Å²) in [6.07, 6.45) is 5.29. The highest BCUT2D eigenvalue weighted by Crippen LogP contribution is 2.64. The Morgan fingerprint density at radius 2 is 2.08 bits per heavy atom. The molecule has 1 heterocycles. The maximum Gasteiger partial charge on any atom is 0.113 e. The standard InChI is InChI=1S/C20H30BN3/c1-23-10-12-24(13-11-23)9-3-8-22-19-6-7-20(15-18(19)20)16-4-2-5-17(21)14-16/h2,4-5,14,18-19,22H,3,6-13,15H2,1H3/t18?,19?,20-/m1/s1. The number of piperazine rings is 1. The van der Waals surface area contributed by atoms with Crippen LogP contribution in [0.3, 0.4) is 0 Å². The SMILES string of the molecule is [B]c1cccc([C@]23CCC(NCCCN4CCN(C)CC4)C2C3)c1. The zero-order valence-electron chi connectivity index (χ0n) is 15.0. The molecule has 24 heavy (non-hydrogen) atoms. The number of nitrogens with one attached hydrogen (secondary N) is 1. The fourth-order valence-electron chi connectivity index (χ4n) is 4.99. The van der Waals surface area contributed by atoms with Crippen molar-refractivity contribution in [1.82, 2.24) is 15.1 Å². The summed E-state index contributed by atoms with van der Waals surface area (Å²) in [5, 5.41) is 3.86. The van der Waals surface area contributed by atoms with Crippen LogP contribution < -0.4 is 10.8 Å². The minimum absolute atomic E-state index is 0.449. The van der Waals surface area contributed by atoms with Crippen molar-refractivity contribution in [1.29, 1.82) is 0 Å². The average molecular weight is 323 g/mol. The second kappa shape index (κ2) is 6.82. The molecule has 3 atom stereocenters. The Bertz CT molecular complexity index is 570. The van der Waals surface area contributed by atoms with Crippen LogP contribution in [0.4, 0.5) is 0 Å². The van der Waals surface area contributed by atoms with Crippen LogP contribution in [0, 0.1) is 5.92 Å². The first-order chi connectivity index (χ1) is 11.7. The Hall–Kier alpha value is -0.835. The summed E-state index contributed by atoms with van der Waals surface area (Å²) >= 11 is 0. The van der Waals surface area contributed by atoms with Crippen molar-refractivity contribution in [3.05, 3.63) is 29.8 Å². The third kappa shape index (κ3) is 3.29. The molecule has 1 aromatic rings. The highest BCUT2D eigenvalue weighted by atomic mass is 15.2. The van der Waals surface area contributed by atoms with Gasteiger partial charge in [-0.15, -0.1) is 0 Å². The fraction of sp³-hybridized carbons (Fsp3) is 0.700. The Morgan fingerprint density at radius 3 is 2.83 bits per heavy atom. The van der Waals surface area contributed by atoms with E-state index < -0.39 is 0 Å². The van der Waals surface area contributed by atoms with E-state index in [0.717, 1.165) is 17.4 Å². The summed E-state index contributed by atoms with van der Waals surface area (Å²) in [7, 11) is 8.22. The van der Waals surface area contributed by atoms with Crippen LogP contribution in [0.15, 0.2) is 24.3 Å². The second-order valence-electron chi connectivity index (χ2n) is 8.19. The fourth-order valence-corrected chi connectivity index (χ4v) is 4.99. The van der Waals surface area contributed by atoms with Gasteiger partial charge in [-0.05, 0) is 57.3 Å². The van der Waals surface area contributed by atoms with E-state index in [-0.39, 0.29) is 0 Å². The van der Waals surface area contributed by atoms with Crippen LogP contribution in [-0.2, 0) is 5.41 Å². The minimum Gasteiger partial charge on any atom is -0.314 e. The molecule has 3 aliphatic rings. The quantitative estimate of drug-likeness (QED) is 0.625. The first-order valence-electron chi connectivity index (χ1n) is 9.68. The molecule has 1 N–H and O–H groups in total. The van der Waals surface area contributed by atoms with E-state index in [2.05, 4.69) is 40.4 Å². The zero-order valence-corrected chi connectivity index (χ0v) is 15.0. The number of hydrogen-bond acceptors (Lipinski definition) is 3. The van der Waals surface area contributed by atoms with Crippen molar-refractivity contribution in [2.75, 3.05) is 46.3 Å². The molecule has 1 saturated heterocycles. The van der Waals surface area contributed by atoms with E-state index in [0.29, 0.717) is 5.41 Å². The molecule has 1 aromatic carbocycles. The molecule has 1 aliphatic heterocycles. The lowest BCUT2D eigenvalue weighted by Gasteiger charge is -2.32. The molecule has 3 nitrogen and oxygen atoms in total. The molecule has 2 unspecified atom stereocenters. The van der Waals surface area contributed by atoms with Crippen LogP contribution in [0.5, 0.6) is 0 Å². The number of hydrogen-bond donors (Lipinski definition) is 1. The van der Waals surface area contributed by atoms with E-state index >= 15 is 0 Å². The number of rotatable bonds is 6. The van der Waals surface area contributed by atoms with Gasteiger partial charge in [0.25, 0.3) is 0 Å². The van der Waals surface area contributed by atoms with E-state index in [9.17, 15) is 0 Å². The molecular weight excluding hydrogens is 293 g/mol. The summed E-state index contributed by atoms with van der Waals surface area (Å²) < 4.78 is 0. The van der Waals surface area contributed by atoms with Crippen LogP contribution in [0.2, 0.25) is 0 Å². The maximum absolute atomic E-state index is 5.99. The number of benzene rings is 1. The first-order valence-corrected chi connectivity index (χ1v) is 9.68. The smallest absolute Gasteiger partial charge is 0.113 e. The van der Waals surface area contributed by atoms with E-state index in [1.54, 1.807) is 0 Å². The van der Waals surface area contributed by atoms with Gasteiger partial charge in [0.2, 0.25) is 0 Å². The largest absolute Gasteiger partial charge is 0.314 e. The van der Waals surface area contributed by atoms with Gasteiger partial charge in [-0.1, -0.05) is 29.7 Å². The normalized spacial score (nSPS) is 33.5. The predicted octanol–water partition coefficient (Wildman–Crippen LogP) is 1.13. The molecule has 2 radical (unpaired) electrons. The van der Waals surface area contributed by atoms with Crippen molar-refractivity contribution in [2.45, 2.75) is 37.1 Å². The van der Waals surface area contributed by atoms with E-state index in [4.69, 9.17) is 7.85 Å². The molecule has 2 aliphatic carbocycles. The van der Waals surface area contributed by atoms with Crippen LogP contribution >= 0.6 is 0 Å². The monoisotopic (exact) mass is 323 g/mol. The topological polar surface area (TPSA) is 18.5 Å². The van der Waals surface area contributed by atoms with Gasteiger partial charge in [0, 0.05) is 37.6 Å². The van der Waals surface area contributed by atoms with Gasteiger partial charge < -0.3 is 15.1 Å². The van der Waals surface area contributed by atoms with Crippen molar-refractivity contribution in [3.63, 3.8) is 0 Å². The summed E-state index contributed by atoms with van der Waals surface area (Å²) in [5.41, 5.74) is 2.84. The van der Waals surface area contributed by atoms with Crippen molar-refractivity contribution >= 4 is 13.3 Å². The maximum atomic E-state index is 5.99. The molecule has 3 fully saturated rings. The van der Waals surface area contributed by atoms with Crippen LogP contribution in [0.25, 0.3) is 0 Å². The van der Waals surface area contributed by atoms with Gasteiger partial charge in [0.05, 0.1) is 0 Å². The molecular formula is C20H30BN3. The van der Waals surface area contributed by atoms with Gasteiger partial charge in [-0.25, -0.2) is 0 Å². The summed E-state index contributed by atoms with van der Waals surface area (Å²) in [5.74, 6) is 0.836. The zero-order chi connectivity index (χ0) is 16.6. The van der Waals surface area contributed by atoms with Gasteiger partial charge in [0.15, 0.2) is 0 Å². The van der Waals surface area contributed by atoms with Crippen molar-refractivity contribution < 1.29 is 0 Å². The molecule has 2 saturated carbocycles. The average Bonchev–Trinajstić information content (AvgIpc) is 3.22. The summed E-state index contributed by atoms with van der Waals surface area (Å²) in [6.45, 7) is 7.34. The first kappa shape index (κ1) is 16.6. The second-order valence-corrected chi connectivity index (χ2v) is 8.19. The van der Waals surface area contributed by atoms with E-state index in [1.807, 2.05) is 6.07 Å². The molecule has 0 spiro atoms. The van der Waals surface area contributed by atoms with Crippen LogP contribution in [-0.4, -0.2) is 70.0 Å². The predicted molar refractivity (Wildman–Crippen MR) is 101 cm³/mol. The lowest BCUT2D eigenvalue weighted by molar-refractivity contribution is 0.152. The summed E-state index contributed by atoms with van der Waals surface area (Å²) in [6, 6.07) is 9.33. The highest BCUT2D eigenvalue weighted by Gasteiger charge is 2.61. The Balaban J connectivity index is 1.21. The number of fused-ring (bicyclic) bond motifs is 1. The number of nitrogens with zero attached hydrogens (tertiary/aromatic N) is 2. The lowest BCUT2D eigenvalue weighted by atomic mass is 9.87. The van der Waals surface area contributed by atoms with Crippen LogP contribution in [0.1, 0.15) is 31.2 Å². The van der Waals surface area contributed by atoms with Gasteiger partial charge >= 0.3 is 0 Å². The molecule has 4 rings (SSSR count). The molecule has 128 valence electrons. The van der Waals surface area contributed by atoms with Gasteiger partial charge in [-0.2, -0.15) is 0 Å². The Labute approximate surface area is 148 Å². The number of likely N-dealkylation sites (N-methyl/N-ethyl adjacent to an activating group) is 1. The third-order valence-corrected chi connectivity index (χ3v) is 6.64. The highest BCUT2D eigenvalue weighted by molar-refractivity contribution is 6.32. The van der Waals surface area contributed by atoms with Gasteiger partial charge in [0.1, 0.15) is 7.85 Å². The Kier molecular flexibility index (Phi) is 4.72. The van der Waals surface area contributed by atoms with Gasteiger partial charge in [-0.3, -0.25) is 0 Å². The Morgan fingerprint density at radius 1 is 1.25 bits per heavy atom. The minimum atomic E-state index is 0.449. The van der Waals surface area contributed by atoms with Crippen molar-refractivity contribution in [2.24, 2.45) is 5.92 Å². The molecule has 0 amide bonds. The lowest BCUT2D eigenvalue weighted by Crippen LogP contribution is -2.45. The molecule has 4 heteroatoms. The van der Waals surface area contributed by atoms with E-state index in [1.165, 1.54) is 70.5 Å². The molecule has 0 bridgehead atoms.